The minimum atomic E-state index is -0.109. The molecule has 162 valence electrons. The van der Waals surface area contributed by atoms with Gasteiger partial charge in [0.25, 0.3) is 5.91 Å². The first-order chi connectivity index (χ1) is 14.5. The van der Waals surface area contributed by atoms with Crippen molar-refractivity contribution in [1.82, 2.24) is 10.2 Å². The van der Waals surface area contributed by atoms with Crippen molar-refractivity contribution < 1.29 is 19.0 Å². The number of nitrogens with one attached hydrogen (secondary N) is 1. The molecule has 6 heteroatoms. The summed E-state index contributed by atoms with van der Waals surface area (Å²) >= 11 is 0. The van der Waals surface area contributed by atoms with Gasteiger partial charge in [0.2, 0.25) is 5.75 Å². The molecular formula is C24H32N2O4. The zero-order chi connectivity index (χ0) is 21.5. The van der Waals surface area contributed by atoms with Crippen molar-refractivity contribution in [2.75, 3.05) is 34.4 Å². The molecule has 6 nitrogen and oxygen atoms in total. The van der Waals surface area contributed by atoms with Crippen LogP contribution in [0.3, 0.4) is 0 Å². The number of amides is 1. The minimum Gasteiger partial charge on any atom is -0.493 e. The Labute approximate surface area is 179 Å². The summed E-state index contributed by atoms with van der Waals surface area (Å²) in [5.74, 6) is 2.32. The summed E-state index contributed by atoms with van der Waals surface area (Å²) in [5.41, 5.74) is 2.76. The number of ether oxygens (including phenoxy) is 3. The van der Waals surface area contributed by atoms with Gasteiger partial charge in [0, 0.05) is 25.2 Å². The van der Waals surface area contributed by atoms with Crippen LogP contribution in [0.1, 0.15) is 41.3 Å². The molecule has 0 aliphatic carbocycles. The highest BCUT2D eigenvalue weighted by Crippen LogP contribution is 2.38. The lowest BCUT2D eigenvalue weighted by Crippen LogP contribution is -2.33. The number of hydrogen-bond donors (Lipinski definition) is 1. The molecule has 1 heterocycles. The molecule has 1 fully saturated rings. The van der Waals surface area contributed by atoms with Crippen molar-refractivity contribution in [2.24, 2.45) is 5.92 Å². The number of nitrogens with zero attached hydrogens (tertiary/aromatic N) is 1. The van der Waals surface area contributed by atoms with Crippen LogP contribution in [0, 0.1) is 5.92 Å². The normalized spacial score (nSPS) is 16.7. The van der Waals surface area contributed by atoms with E-state index < -0.39 is 0 Å². The Bertz CT molecular complexity index is 826. The lowest BCUT2D eigenvalue weighted by Gasteiger charge is -2.30. The number of likely N-dealkylation sites (tertiary alicyclic amines) is 1. The molecule has 2 aromatic rings. The maximum absolute atomic E-state index is 12.6. The van der Waals surface area contributed by atoms with Crippen LogP contribution in [-0.4, -0.2) is 45.2 Å². The van der Waals surface area contributed by atoms with Gasteiger partial charge in [-0.3, -0.25) is 9.69 Å². The fourth-order valence-corrected chi connectivity index (χ4v) is 3.97. The third-order valence-electron chi connectivity index (χ3n) is 5.54. The average Bonchev–Trinajstić information content (AvgIpc) is 2.77. The number of hydrogen-bond acceptors (Lipinski definition) is 5. The zero-order valence-corrected chi connectivity index (χ0v) is 18.4. The molecule has 0 radical (unpaired) electrons. The van der Waals surface area contributed by atoms with Crippen molar-refractivity contribution in [3.63, 3.8) is 0 Å². The van der Waals surface area contributed by atoms with E-state index in [1.54, 1.807) is 21.3 Å². The largest absolute Gasteiger partial charge is 0.493 e. The van der Waals surface area contributed by atoms with Gasteiger partial charge in [0.05, 0.1) is 21.3 Å². The summed E-state index contributed by atoms with van der Waals surface area (Å²) in [6, 6.07) is 11.6. The van der Waals surface area contributed by atoms with Crippen LogP contribution in [0.15, 0.2) is 36.4 Å². The van der Waals surface area contributed by atoms with Crippen molar-refractivity contribution in [3.05, 3.63) is 53.1 Å². The predicted octanol–water partition coefficient (Wildman–Crippen LogP) is 3.87. The Morgan fingerprint density at radius 1 is 1.03 bits per heavy atom. The Hall–Kier alpha value is -2.73. The molecule has 1 amide bonds. The van der Waals surface area contributed by atoms with Gasteiger partial charge in [0.15, 0.2) is 11.5 Å². The fraction of sp³-hybridized carbons (Fsp3) is 0.458. The van der Waals surface area contributed by atoms with Gasteiger partial charge in [-0.1, -0.05) is 19.1 Å². The molecule has 1 atom stereocenters. The Balaban J connectivity index is 1.60. The summed E-state index contributed by atoms with van der Waals surface area (Å²) in [5, 5.41) is 2.96. The summed E-state index contributed by atoms with van der Waals surface area (Å²) in [4.78, 5) is 15.1. The Morgan fingerprint density at radius 3 is 2.27 bits per heavy atom. The number of carbonyl (C=O) groups excluding carboxylic acids is 1. The van der Waals surface area contributed by atoms with E-state index >= 15 is 0 Å². The molecule has 0 saturated carbocycles. The van der Waals surface area contributed by atoms with Gasteiger partial charge in [0.1, 0.15) is 0 Å². The summed E-state index contributed by atoms with van der Waals surface area (Å²) in [7, 11) is 4.72. The number of methoxy groups -OCH3 is 3. The van der Waals surface area contributed by atoms with Crippen molar-refractivity contribution in [3.8, 4) is 17.2 Å². The van der Waals surface area contributed by atoms with Crippen LogP contribution in [0.5, 0.6) is 17.2 Å². The van der Waals surface area contributed by atoms with Crippen LogP contribution in [-0.2, 0) is 13.1 Å². The lowest BCUT2D eigenvalue weighted by molar-refractivity contribution is 0.0950. The van der Waals surface area contributed by atoms with Gasteiger partial charge in [-0.25, -0.2) is 0 Å². The van der Waals surface area contributed by atoms with E-state index in [1.807, 2.05) is 36.4 Å². The van der Waals surface area contributed by atoms with Crippen molar-refractivity contribution >= 4 is 5.91 Å². The Morgan fingerprint density at radius 2 is 1.70 bits per heavy atom. The standard InChI is InChI=1S/C24H32N2O4/c1-17-6-5-11-26(15-17)16-18-7-9-20(10-8-18)24(27)25-14-19-12-21(28-2)23(30-4)22(13-19)29-3/h7-10,12-13,17H,5-6,11,14-16H2,1-4H3,(H,25,27). The molecule has 0 aromatic heterocycles. The average molecular weight is 413 g/mol. The van der Waals surface area contributed by atoms with Crippen LogP contribution in [0.2, 0.25) is 0 Å². The van der Waals surface area contributed by atoms with Crippen LogP contribution in [0.25, 0.3) is 0 Å². The summed E-state index contributed by atoms with van der Waals surface area (Å²) in [6.45, 7) is 5.92. The zero-order valence-electron chi connectivity index (χ0n) is 18.4. The second-order valence-corrected chi connectivity index (χ2v) is 7.90. The number of benzene rings is 2. The SMILES string of the molecule is COc1cc(CNC(=O)c2ccc(CN3CCCC(C)C3)cc2)cc(OC)c1OC. The van der Waals surface area contributed by atoms with E-state index in [0.29, 0.717) is 29.4 Å². The molecule has 2 aromatic carbocycles. The minimum absolute atomic E-state index is 0.109. The second kappa shape index (κ2) is 10.3. The molecule has 0 spiro atoms. The molecule has 3 rings (SSSR count). The molecular weight excluding hydrogens is 380 g/mol. The van der Waals surface area contributed by atoms with Gasteiger partial charge >= 0.3 is 0 Å². The summed E-state index contributed by atoms with van der Waals surface area (Å²) in [6.07, 6.45) is 2.59. The maximum Gasteiger partial charge on any atom is 0.251 e. The highest BCUT2D eigenvalue weighted by Gasteiger charge is 2.17. The second-order valence-electron chi connectivity index (χ2n) is 7.90. The van der Waals surface area contributed by atoms with E-state index in [4.69, 9.17) is 14.2 Å². The molecule has 1 saturated heterocycles. The first kappa shape index (κ1) is 22.0. The topological polar surface area (TPSA) is 60.0 Å². The van der Waals surface area contributed by atoms with Gasteiger partial charge in [-0.15, -0.1) is 0 Å². The first-order valence-corrected chi connectivity index (χ1v) is 10.4. The highest BCUT2D eigenvalue weighted by molar-refractivity contribution is 5.94. The number of carbonyl (C=O) groups is 1. The molecule has 1 N–H and O–H groups in total. The molecule has 1 aliphatic rings. The Kier molecular flexibility index (Phi) is 7.57. The van der Waals surface area contributed by atoms with E-state index in [9.17, 15) is 4.79 Å². The van der Waals surface area contributed by atoms with Crippen molar-refractivity contribution in [2.45, 2.75) is 32.9 Å². The third-order valence-corrected chi connectivity index (χ3v) is 5.54. The van der Waals surface area contributed by atoms with E-state index in [0.717, 1.165) is 31.1 Å². The predicted molar refractivity (Wildman–Crippen MR) is 117 cm³/mol. The smallest absolute Gasteiger partial charge is 0.251 e. The van der Waals surface area contributed by atoms with E-state index in [1.165, 1.54) is 18.4 Å². The molecule has 1 unspecified atom stereocenters. The third kappa shape index (κ3) is 5.45. The van der Waals surface area contributed by atoms with Crippen LogP contribution < -0.4 is 19.5 Å². The number of rotatable bonds is 8. The number of piperidine rings is 1. The molecule has 1 aliphatic heterocycles. The highest BCUT2D eigenvalue weighted by atomic mass is 16.5. The van der Waals surface area contributed by atoms with Crippen LogP contribution >= 0.6 is 0 Å². The van der Waals surface area contributed by atoms with Crippen LogP contribution in [0.4, 0.5) is 0 Å². The quantitative estimate of drug-likeness (QED) is 0.713. The monoisotopic (exact) mass is 412 g/mol. The van der Waals surface area contributed by atoms with Gasteiger partial charge < -0.3 is 19.5 Å². The summed E-state index contributed by atoms with van der Waals surface area (Å²) < 4.78 is 16.1. The van der Waals surface area contributed by atoms with Crippen molar-refractivity contribution in [1.29, 1.82) is 0 Å². The van der Waals surface area contributed by atoms with Gasteiger partial charge in [-0.05, 0) is 60.7 Å². The lowest BCUT2D eigenvalue weighted by atomic mass is 9.99. The van der Waals surface area contributed by atoms with Gasteiger partial charge in [-0.2, -0.15) is 0 Å². The fourth-order valence-electron chi connectivity index (χ4n) is 3.97. The van der Waals surface area contributed by atoms with E-state index in [2.05, 4.69) is 17.1 Å². The maximum atomic E-state index is 12.6. The first-order valence-electron chi connectivity index (χ1n) is 10.4. The van der Waals surface area contributed by atoms with E-state index in [-0.39, 0.29) is 5.91 Å². The molecule has 30 heavy (non-hydrogen) atoms. The molecule has 0 bridgehead atoms.